The van der Waals surface area contributed by atoms with Crippen molar-refractivity contribution in [2.24, 2.45) is 0 Å². The van der Waals surface area contributed by atoms with Gasteiger partial charge in [-0.1, -0.05) is 0 Å². The third-order valence-corrected chi connectivity index (χ3v) is 5.95. The lowest BCUT2D eigenvalue weighted by atomic mass is 10.2. The molecule has 18 heavy (non-hydrogen) atoms. The zero-order valence-corrected chi connectivity index (χ0v) is 12.3. The summed E-state index contributed by atoms with van der Waals surface area (Å²) < 4.78 is 22.9. The molecule has 0 aromatic rings. The number of piperazine rings is 1. The average Bonchev–Trinajstić information content (AvgIpc) is 2.69. The van der Waals surface area contributed by atoms with Crippen LogP contribution in [-0.4, -0.2) is 94.0 Å². The lowest BCUT2D eigenvalue weighted by Crippen LogP contribution is -2.47. The third kappa shape index (κ3) is 3.91. The van der Waals surface area contributed by atoms with Gasteiger partial charge >= 0.3 is 0 Å². The van der Waals surface area contributed by atoms with Crippen LogP contribution in [0, 0.1) is 0 Å². The highest BCUT2D eigenvalue weighted by molar-refractivity contribution is 7.91. The summed E-state index contributed by atoms with van der Waals surface area (Å²) in [4.78, 5) is 7.05. The largest absolute Gasteiger partial charge is 0.304 e. The van der Waals surface area contributed by atoms with Gasteiger partial charge in [-0.05, 0) is 20.5 Å². The van der Waals surface area contributed by atoms with E-state index in [2.05, 4.69) is 28.8 Å². The number of likely N-dealkylation sites (N-methyl/N-ethyl adjacent to an activating group) is 2. The molecule has 0 amide bonds. The quantitative estimate of drug-likeness (QED) is 0.682. The maximum Gasteiger partial charge on any atom is 0.151 e. The Bertz CT molecular complexity index is 364. The molecular weight excluding hydrogens is 250 g/mol. The fourth-order valence-corrected chi connectivity index (χ4v) is 4.48. The van der Waals surface area contributed by atoms with Gasteiger partial charge in [0.05, 0.1) is 11.5 Å². The summed E-state index contributed by atoms with van der Waals surface area (Å²) in [6, 6.07) is 0.238. The number of hydrogen-bond donors (Lipinski definition) is 0. The molecule has 0 N–H and O–H groups in total. The van der Waals surface area contributed by atoms with Crippen LogP contribution in [0.15, 0.2) is 0 Å². The number of hydrogen-bond acceptors (Lipinski definition) is 5. The smallest absolute Gasteiger partial charge is 0.151 e. The summed E-state index contributed by atoms with van der Waals surface area (Å²) in [6.07, 6.45) is 0.807. The van der Waals surface area contributed by atoms with Crippen LogP contribution in [0.25, 0.3) is 0 Å². The molecular formula is C12H25N3O2S. The first kappa shape index (κ1) is 14.2. The molecule has 0 aromatic heterocycles. The normalized spacial score (nSPS) is 30.1. The van der Waals surface area contributed by atoms with Crippen molar-refractivity contribution in [3.05, 3.63) is 0 Å². The van der Waals surface area contributed by atoms with Gasteiger partial charge in [0, 0.05) is 45.3 Å². The Kier molecular flexibility index (Phi) is 4.64. The highest BCUT2D eigenvalue weighted by atomic mass is 32.2. The molecule has 2 fully saturated rings. The number of sulfone groups is 1. The van der Waals surface area contributed by atoms with Crippen molar-refractivity contribution < 1.29 is 8.42 Å². The molecule has 106 valence electrons. The molecule has 2 aliphatic heterocycles. The first-order valence-electron chi connectivity index (χ1n) is 6.78. The lowest BCUT2D eigenvalue weighted by Gasteiger charge is -2.34. The Hall–Kier alpha value is -0.170. The minimum atomic E-state index is -2.75. The van der Waals surface area contributed by atoms with Crippen molar-refractivity contribution in [1.29, 1.82) is 0 Å². The molecule has 0 aliphatic carbocycles. The van der Waals surface area contributed by atoms with Crippen LogP contribution in [-0.2, 0) is 9.84 Å². The maximum absolute atomic E-state index is 11.4. The van der Waals surface area contributed by atoms with E-state index in [1.807, 2.05) is 0 Å². The van der Waals surface area contributed by atoms with Crippen molar-refractivity contribution >= 4 is 9.84 Å². The van der Waals surface area contributed by atoms with Crippen LogP contribution in [0.4, 0.5) is 0 Å². The van der Waals surface area contributed by atoms with E-state index in [0.717, 1.165) is 45.7 Å². The van der Waals surface area contributed by atoms with E-state index in [4.69, 9.17) is 0 Å². The van der Waals surface area contributed by atoms with E-state index in [1.54, 1.807) is 0 Å². The second-order valence-electron chi connectivity index (χ2n) is 5.68. The zero-order chi connectivity index (χ0) is 13.2. The van der Waals surface area contributed by atoms with Gasteiger partial charge in [-0.2, -0.15) is 0 Å². The van der Waals surface area contributed by atoms with Gasteiger partial charge in [0.25, 0.3) is 0 Å². The first-order chi connectivity index (χ1) is 8.46. The molecule has 6 heteroatoms. The molecule has 2 rings (SSSR count). The Morgan fingerprint density at radius 2 is 1.89 bits per heavy atom. The Labute approximate surface area is 111 Å². The van der Waals surface area contributed by atoms with Crippen molar-refractivity contribution in [3.8, 4) is 0 Å². The molecule has 2 heterocycles. The van der Waals surface area contributed by atoms with Crippen LogP contribution in [0.2, 0.25) is 0 Å². The molecule has 1 unspecified atom stereocenters. The highest BCUT2D eigenvalue weighted by Crippen LogP contribution is 2.16. The molecule has 5 nitrogen and oxygen atoms in total. The summed E-state index contributed by atoms with van der Waals surface area (Å²) in [5.74, 6) is 0.725. The summed E-state index contributed by atoms with van der Waals surface area (Å²) in [7, 11) is 1.46. The fraction of sp³-hybridized carbons (Fsp3) is 1.00. The van der Waals surface area contributed by atoms with E-state index in [9.17, 15) is 8.42 Å². The molecule has 2 aliphatic rings. The minimum Gasteiger partial charge on any atom is -0.304 e. The van der Waals surface area contributed by atoms with Crippen LogP contribution < -0.4 is 0 Å². The SMILES string of the molecule is CN1CCN(CCN(C)C2CCS(=O)(=O)C2)CC1. The summed E-state index contributed by atoms with van der Waals surface area (Å²) in [6.45, 7) is 6.58. The zero-order valence-electron chi connectivity index (χ0n) is 11.5. The van der Waals surface area contributed by atoms with Crippen molar-refractivity contribution in [2.75, 3.05) is 64.9 Å². The summed E-state index contributed by atoms with van der Waals surface area (Å²) in [5.41, 5.74) is 0. The predicted octanol–water partition coefficient (Wildman–Crippen LogP) is -0.647. The Morgan fingerprint density at radius 3 is 2.44 bits per heavy atom. The van der Waals surface area contributed by atoms with Gasteiger partial charge in [0.1, 0.15) is 0 Å². The second kappa shape index (κ2) is 5.86. The lowest BCUT2D eigenvalue weighted by molar-refractivity contribution is 0.133. The van der Waals surface area contributed by atoms with Gasteiger partial charge < -0.3 is 9.80 Å². The predicted molar refractivity (Wildman–Crippen MR) is 73.6 cm³/mol. The maximum atomic E-state index is 11.4. The van der Waals surface area contributed by atoms with Crippen molar-refractivity contribution in [1.82, 2.24) is 14.7 Å². The summed E-state index contributed by atoms with van der Waals surface area (Å²) in [5, 5.41) is 0. The topological polar surface area (TPSA) is 43.9 Å². The minimum absolute atomic E-state index is 0.238. The fourth-order valence-electron chi connectivity index (χ4n) is 2.68. The average molecular weight is 275 g/mol. The van der Waals surface area contributed by atoms with E-state index >= 15 is 0 Å². The van der Waals surface area contributed by atoms with Gasteiger partial charge in [-0.3, -0.25) is 4.90 Å². The number of rotatable bonds is 4. The molecule has 0 aromatic carbocycles. The number of nitrogens with zero attached hydrogens (tertiary/aromatic N) is 3. The van der Waals surface area contributed by atoms with Crippen molar-refractivity contribution in [3.63, 3.8) is 0 Å². The van der Waals surface area contributed by atoms with Crippen molar-refractivity contribution in [2.45, 2.75) is 12.5 Å². The van der Waals surface area contributed by atoms with E-state index in [1.165, 1.54) is 0 Å². The molecule has 0 bridgehead atoms. The molecule has 1 atom stereocenters. The first-order valence-corrected chi connectivity index (χ1v) is 8.60. The molecule has 2 saturated heterocycles. The standard InChI is InChI=1S/C12H25N3O2S/c1-13-4-7-15(8-5-13)9-6-14(2)12-3-10-18(16,17)11-12/h12H,3-11H2,1-2H3. The van der Waals surface area contributed by atoms with Crippen LogP contribution in [0.3, 0.4) is 0 Å². The van der Waals surface area contributed by atoms with Crippen LogP contribution in [0.1, 0.15) is 6.42 Å². The van der Waals surface area contributed by atoms with E-state index in [-0.39, 0.29) is 6.04 Å². The third-order valence-electron chi connectivity index (χ3n) is 4.20. The molecule has 0 saturated carbocycles. The highest BCUT2D eigenvalue weighted by Gasteiger charge is 2.30. The Morgan fingerprint density at radius 1 is 1.22 bits per heavy atom. The monoisotopic (exact) mass is 275 g/mol. The van der Waals surface area contributed by atoms with E-state index < -0.39 is 9.84 Å². The van der Waals surface area contributed by atoms with Crippen LogP contribution >= 0.6 is 0 Å². The second-order valence-corrected chi connectivity index (χ2v) is 7.91. The van der Waals surface area contributed by atoms with Gasteiger partial charge in [0.2, 0.25) is 0 Å². The van der Waals surface area contributed by atoms with E-state index in [0.29, 0.717) is 11.5 Å². The van der Waals surface area contributed by atoms with Gasteiger partial charge in [0.15, 0.2) is 9.84 Å². The molecule has 0 spiro atoms. The Balaban J connectivity index is 1.70. The van der Waals surface area contributed by atoms with Gasteiger partial charge in [-0.25, -0.2) is 8.42 Å². The van der Waals surface area contributed by atoms with Crippen LogP contribution in [0.5, 0.6) is 0 Å². The summed E-state index contributed by atoms with van der Waals surface area (Å²) >= 11 is 0. The van der Waals surface area contributed by atoms with Gasteiger partial charge in [-0.15, -0.1) is 0 Å². The molecule has 0 radical (unpaired) electrons.